The minimum absolute atomic E-state index is 0.428. The molecule has 6 rings (SSSR count). The highest BCUT2D eigenvalue weighted by Gasteiger charge is 2.21. The molecule has 0 saturated carbocycles. The lowest BCUT2D eigenvalue weighted by Crippen LogP contribution is -2.02. The highest BCUT2D eigenvalue weighted by Crippen LogP contribution is 2.40. The fourth-order valence-corrected chi connectivity index (χ4v) is 5.43. The number of imidazole rings is 1. The molecule has 33 heavy (non-hydrogen) atoms. The van der Waals surface area contributed by atoms with Gasteiger partial charge in [0, 0.05) is 40.5 Å². The Morgan fingerprint density at radius 2 is 1.42 bits per heavy atom. The zero-order chi connectivity index (χ0) is 22.9. The number of aromatic nitrogens is 3. The minimum Gasteiger partial charge on any atom is -0.351 e. The number of fused-ring (bicyclic) bond motifs is 7. The Hall–Kier alpha value is -3.59. The summed E-state index contributed by atoms with van der Waals surface area (Å²) in [5.41, 5.74) is 8.76. The van der Waals surface area contributed by atoms with Crippen molar-refractivity contribution >= 4 is 38.2 Å². The summed E-state index contributed by atoms with van der Waals surface area (Å²) in [6.45, 7) is 9.14. The van der Waals surface area contributed by atoms with Crippen LogP contribution in [0.2, 0.25) is 0 Å². The molecule has 0 aliphatic heterocycles. The van der Waals surface area contributed by atoms with Crippen LogP contribution in [0, 0.1) is 0 Å². The van der Waals surface area contributed by atoms with Crippen molar-refractivity contribution in [1.29, 1.82) is 0 Å². The first kappa shape index (κ1) is 20.0. The number of pyridine rings is 1. The molecule has 0 fully saturated rings. The van der Waals surface area contributed by atoms with E-state index >= 15 is 0 Å². The minimum atomic E-state index is 0.428. The maximum Gasteiger partial charge on any atom is 0.145 e. The number of nitrogens with zero attached hydrogens (tertiary/aromatic N) is 3. The van der Waals surface area contributed by atoms with E-state index in [1.807, 2.05) is 0 Å². The molecule has 0 saturated heterocycles. The van der Waals surface area contributed by atoms with Crippen molar-refractivity contribution in [2.45, 2.75) is 39.5 Å². The Balaban J connectivity index is 1.86. The third-order valence-electron chi connectivity index (χ3n) is 7.09. The Morgan fingerprint density at radius 1 is 0.727 bits per heavy atom. The number of aryl methyl sites for hydroxylation is 1. The van der Waals surface area contributed by atoms with Gasteiger partial charge in [0.1, 0.15) is 5.65 Å². The Bertz CT molecular complexity index is 1650. The second-order valence-electron chi connectivity index (χ2n) is 9.82. The summed E-state index contributed by atoms with van der Waals surface area (Å²) in [5.74, 6) is 0.855. The van der Waals surface area contributed by atoms with E-state index in [-0.39, 0.29) is 0 Å². The molecular weight excluding hydrogens is 402 g/mol. The van der Waals surface area contributed by atoms with Crippen molar-refractivity contribution in [2.75, 3.05) is 0 Å². The summed E-state index contributed by atoms with van der Waals surface area (Å²) in [6, 6.07) is 22.3. The highest BCUT2D eigenvalue weighted by molar-refractivity contribution is 6.15. The van der Waals surface area contributed by atoms with Crippen LogP contribution in [0.4, 0.5) is 0 Å². The summed E-state index contributed by atoms with van der Waals surface area (Å²) in [5, 5.41) is 4.96. The topological polar surface area (TPSA) is 22.2 Å². The molecule has 0 bridgehead atoms. The maximum absolute atomic E-state index is 5.02. The molecule has 0 atom stereocenters. The van der Waals surface area contributed by atoms with Gasteiger partial charge in [-0.15, -0.1) is 0 Å². The van der Waals surface area contributed by atoms with Gasteiger partial charge in [-0.3, -0.25) is 4.40 Å². The van der Waals surface area contributed by atoms with Crippen LogP contribution < -0.4 is 0 Å². The molecule has 164 valence electrons. The third-order valence-corrected chi connectivity index (χ3v) is 7.09. The van der Waals surface area contributed by atoms with E-state index in [0.717, 1.165) is 5.65 Å². The molecule has 0 aliphatic carbocycles. The van der Waals surface area contributed by atoms with Gasteiger partial charge in [-0.05, 0) is 46.5 Å². The van der Waals surface area contributed by atoms with Gasteiger partial charge < -0.3 is 4.57 Å². The first-order chi connectivity index (χ1) is 16.0. The van der Waals surface area contributed by atoms with Gasteiger partial charge in [-0.25, -0.2) is 4.98 Å². The van der Waals surface area contributed by atoms with Crippen molar-refractivity contribution in [3.63, 3.8) is 0 Å². The molecule has 3 aromatic carbocycles. The summed E-state index contributed by atoms with van der Waals surface area (Å²) in [6.07, 6.45) is 4.23. The van der Waals surface area contributed by atoms with Gasteiger partial charge in [0.05, 0.1) is 17.4 Å². The molecule has 3 heterocycles. The van der Waals surface area contributed by atoms with Crippen molar-refractivity contribution in [1.82, 2.24) is 14.0 Å². The van der Waals surface area contributed by atoms with E-state index in [1.54, 1.807) is 0 Å². The van der Waals surface area contributed by atoms with E-state index in [4.69, 9.17) is 4.98 Å². The van der Waals surface area contributed by atoms with E-state index in [1.165, 1.54) is 55.0 Å². The second-order valence-corrected chi connectivity index (χ2v) is 9.82. The van der Waals surface area contributed by atoms with Crippen LogP contribution in [0.15, 0.2) is 73.1 Å². The van der Waals surface area contributed by atoms with Gasteiger partial charge in [0.25, 0.3) is 0 Å². The largest absolute Gasteiger partial charge is 0.351 e. The first-order valence-electron chi connectivity index (χ1n) is 11.9. The SMILES string of the molecule is CC(C)c1cccc(C(C)C)c1-c1cnc2c3ccccc3c3cc4c(ccn4C)cc3n12. The van der Waals surface area contributed by atoms with Gasteiger partial charge in [0.15, 0.2) is 0 Å². The predicted molar refractivity (Wildman–Crippen MR) is 140 cm³/mol. The molecular formula is C30H29N3. The molecule has 0 N–H and O–H groups in total. The van der Waals surface area contributed by atoms with Crippen LogP contribution in [0.1, 0.15) is 50.7 Å². The lowest BCUT2D eigenvalue weighted by atomic mass is 9.87. The van der Waals surface area contributed by atoms with Gasteiger partial charge in [0.2, 0.25) is 0 Å². The van der Waals surface area contributed by atoms with E-state index < -0.39 is 0 Å². The zero-order valence-corrected chi connectivity index (χ0v) is 19.9. The normalized spacial score (nSPS) is 12.3. The number of rotatable bonds is 3. The summed E-state index contributed by atoms with van der Waals surface area (Å²) >= 11 is 0. The quantitative estimate of drug-likeness (QED) is 0.260. The van der Waals surface area contributed by atoms with E-state index in [9.17, 15) is 0 Å². The second kappa shape index (κ2) is 7.21. The fraction of sp³-hybridized carbons (Fsp3) is 0.233. The molecule has 0 unspecified atom stereocenters. The van der Waals surface area contributed by atoms with Gasteiger partial charge >= 0.3 is 0 Å². The molecule has 0 aliphatic rings. The van der Waals surface area contributed by atoms with Crippen LogP contribution in [0.5, 0.6) is 0 Å². The lowest BCUT2D eigenvalue weighted by Gasteiger charge is -2.20. The zero-order valence-electron chi connectivity index (χ0n) is 19.9. The summed E-state index contributed by atoms with van der Waals surface area (Å²) in [4.78, 5) is 5.02. The Kier molecular flexibility index (Phi) is 4.38. The molecule has 3 nitrogen and oxygen atoms in total. The van der Waals surface area contributed by atoms with E-state index in [0.29, 0.717) is 11.8 Å². The van der Waals surface area contributed by atoms with Gasteiger partial charge in [-0.1, -0.05) is 70.2 Å². The van der Waals surface area contributed by atoms with Crippen molar-refractivity contribution in [3.05, 3.63) is 84.2 Å². The molecule has 0 radical (unpaired) electrons. The molecule has 0 spiro atoms. The fourth-order valence-electron chi connectivity index (χ4n) is 5.43. The van der Waals surface area contributed by atoms with Crippen LogP contribution in [0.3, 0.4) is 0 Å². The Morgan fingerprint density at radius 3 is 2.12 bits per heavy atom. The standard InChI is InChI=1S/C30H29N3/c1-18(2)21-11-8-12-22(19(3)4)29(21)28-17-31-30-24-10-7-6-9-23(24)25-16-26-20(13-14-32(26)5)15-27(25)33(28)30/h6-19H,1-5H3. The Labute approximate surface area is 194 Å². The van der Waals surface area contributed by atoms with Crippen molar-refractivity contribution in [3.8, 4) is 11.3 Å². The van der Waals surface area contributed by atoms with Crippen LogP contribution in [0.25, 0.3) is 49.5 Å². The smallest absolute Gasteiger partial charge is 0.145 e. The van der Waals surface area contributed by atoms with Crippen LogP contribution in [-0.2, 0) is 7.05 Å². The molecule has 3 aromatic heterocycles. The highest BCUT2D eigenvalue weighted by atomic mass is 15.0. The number of hydrogen-bond donors (Lipinski definition) is 0. The molecule has 3 heteroatoms. The monoisotopic (exact) mass is 431 g/mol. The molecule has 0 amide bonds. The summed E-state index contributed by atoms with van der Waals surface area (Å²) in [7, 11) is 2.12. The average molecular weight is 432 g/mol. The van der Waals surface area contributed by atoms with Crippen LogP contribution >= 0.6 is 0 Å². The maximum atomic E-state index is 5.02. The lowest BCUT2D eigenvalue weighted by molar-refractivity contribution is 0.836. The predicted octanol–water partition coefficient (Wildman–Crippen LogP) is 8.05. The van der Waals surface area contributed by atoms with E-state index in [2.05, 4.69) is 117 Å². The average Bonchev–Trinajstić information content (AvgIpc) is 3.41. The van der Waals surface area contributed by atoms with Crippen LogP contribution in [-0.4, -0.2) is 14.0 Å². The van der Waals surface area contributed by atoms with Crippen molar-refractivity contribution < 1.29 is 0 Å². The first-order valence-corrected chi connectivity index (χ1v) is 11.9. The number of benzene rings is 3. The summed E-state index contributed by atoms with van der Waals surface area (Å²) < 4.78 is 4.60. The van der Waals surface area contributed by atoms with Gasteiger partial charge in [-0.2, -0.15) is 0 Å². The van der Waals surface area contributed by atoms with Crippen molar-refractivity contribution in [2.24, 2.45) is 7.05 Å². The number of hydrogen-bond acceptors (Lipinski definition) is 1. The third kappa shape index (κ3) is 2.85. The molecule has 6 aromatic rings.